The number of hydrogen-bond donors (Lipinski definition) is 0. The summed E-state index contributed by atoms with van der Waals surface area (Å²) >= 11 is 1.68. The molecule has 98 valence electrons. The monoisotopic (exact) mass is 278 g/mol. The van der Waals surface area contributed by atoms with Crippen molar-refractivity contribution in [2.24, 2.45) is 0 Å². The topological polar surface area (TPSA) is 17.8 Å². The molecule has 0 unspecified atom stereocenters. The molecule has 0 aliphatic carbocycles. The fourth-order valence-corrected chi connectivity index (χ4v) is 3.53. The highest BCUT2D eigenvalue weighted by atomic mass is 32.1. The van der Waals surface area contributed by atoms with Gasteiger partial charge in [-0.1, -0.05) is 18.2 Å². The quantitative estimate of drug-likeness (QED) is 0.508. The standard InChI is InChI=1S/C17H14N2S/c1-2-19-15-6-4-3-5-13(15)14-11-12(7-8-16(14)19)17-18-9-10-20-17/h3-11H,2H2,1H3. The van der Waals surface area contributed by atoms with E-state index in [9.17, 15) is 0 Å². The number of benzene rings is 2. The number of hydrogen-bond acceptors (Lipinski definition) is 2. The van der Waals surface area contributed by atoms with Crippen LogP contribution in [-0.2, 0) is 6.54 Å². The van der Waals surface area contributed by atoms with Crippen LogP contribution < -0.4 is 0 Å². The minimum Gasteiger partial charge on any atom is -0.341 e. The minimum absolute atomic E-state index is 0.987. The molecule has 0 atom stereocenters. The van der Waals surface area contributed by atoms with E-state index in [0.717, 1.165) is 11.6 Å². The van der Waals surface area contributed by atoms with E-state index in [1.54, 1.807) is 11.3 Å². The Balaban J connectivity index is 2.10. The van der Waals surface area contributed by atoms with Gasteiger partial charge in [0.1, 0.15) is 5.01 Å². The first kappa shape index (κ1) is 11.7. The predicted molar refractivity (Wildman–Crippen MR) is 86.2 cm³/mol. The second-order valence-electron chi connectivity index (χ2n) is 4.83. The van der Waals surface area contributed by atoms with Crippen LogP contribution in [-0.4, -0.2) is 9.55 Å². The van der Waals surface area contributed by atoms with Crippen molar-refractivity contribution in [2.45, 2.75) is 13.5 Å². The SMILES string of the molecule is CCn1c2ccccc2c2cc(-c3nccs3)ccc21. The molecule has 4 rings (SSSR count). The molecule has 0 fully saturated rings. The minimum atomic E-state index is 0.987. The molecule has 3 heteroatoms. The fourth-order valence-electron chi connectivity index (χ4n) is 2.89. The van der Waals surface area contributed by atoms with Crippen LogP contribution in [0.15, 0.2) is 54.0 Å². The van der Waals surface area contributed by atoms with Crippen LogP contribution in [0.2, 0.25) is 0 Å². The van der Waals surface area contributed by atoms with Crippen molar-refractivity contribution < 1.29 is 0 Å². The number of para-hydroxylation sites is 1. The van der Waals surface area contributed by atoms with E-state index in [1.807, 2.05) is 11.6 Å². The summed E-state index contributed by atoms with van der Waals surface area (Å²) in [6.07, 6.45) is 1.86. The first-order valence-corrected chi connectivity index (χ1v) is 7.67. The third-order valence-electron chi connectivity index (χ3n) is 3.77. The van der Waals surface area contributed by atoms with Gasteiger partial charge in [-0.25, -0.2) is 4.98 Å². The van der Waals surface area contributed by atoms with Crippen molar-refractivity contribution >= 4 is 33.1 Å². The third kappa shape index (κ3) is 1.60. The smallest absolute Gasteiger partial charge is 0.123 e. The average molecular weight is 278 g/mol. The van der Waals surface area contributed by atoms with Gasteiger partial charge in [0.2, 0.25) is 0 Å². The summed E-state index contributed by atoms with van der Waals surface area (Å²) < 4.78 is 2.37. The van der Waals surface area contributed by atoms with E-state index in [2.05, 4.69) is 58.9 Å². The number of nitrogens with zero attached hydrogens (tertiary/aromatic N) is 2. The van der Waals surface area contributed by atoms with E-state index in [0.29, 0.717) is 0 Å². The molecule has 2 aromatic carbocycles. The van der Waals surface area contributed by atoms with Crippen LogP contribution in [0.1, 0.15) is 6.92 Å². The summed E-state index contributed by atoms with van der Waals surface area (Å²) in [7, 11) is 0. The molecule has 0 saturated carbocycles. The van der Waals surface area contributed by atoms with Gasteiger partial charge in [0, 0.05) is 45.5 Å². The lowest BCUT2D eigenvalue weighted by molar-refractivity contribution is 0.827. The Morgan fingerprint density at radius 1 is 1.05 bits per heavy atom. The summed E-state index contributed by atoms with van der Waals surface area (Å²) in [6, 6.07) is 15.3. The highest BCUT2D eigenvalue weighted by molar-refractivity contribution is 7.13. The second kappa shape index (κ2) is 4.46. The lowest BCUT2D eigenvalue weighted by Gasteiger charge is -2.03. The molecule has 0 amide bonds. The Morgan fingerprint density at radius 2 is 1.90 bits per heavy atom. The molecule has 0 saturated heterocycles. The van der Waals surface area contributed by atoms with E-state index >= 15 is 0 Å². The van der Waals surface area contributed by atoms with Gasteiger partial charge < -0.3 is 4.57 Å². The van der Waals surface area contributed by atoms with Crippen LogP contribution in [0, 0.1) is 0 Å². The molecule has 2 aromatic heterocycles. The molecule has 0 radical (unpaired) electrons. The second-order valence-corrected chi connectivity index (χ2v) is 5.73. The van der Waals surface area contributed by atoms with E-state index in [4.69, 9.17) is 0 Å². The summed E-state index contributed by atoms with van der Waals surface area (Å²) in [5.41, 5.74) is 3.81. The molecule has 0 aliphatic rings. The number of aryl methyl sites for hydroxylation is 1. The zero-order valence-electron chi connectivity index (χ0n) is 11.2. The molecule has 2 nitrogen and oxygen atoms in total. The maximum absolute atomic E-state index is 4.41. The Hall–Kier alpha value is -2.13. The van der Waals surface area contributed by atoms with Crippen molar-refractivity contribution in [1.82, 2.24) is 9.55 Å². The zero-order chi connectivity index (χ0) is 13.5. The number of rotatable bonds is 2. The van der Waals surface area contributed by atoms with E-state index < -0.39 is 0 Å². The highest BCUT2D eigenvalue weighted by Crippen LogP contribution is 2.32. The van der Waals surface area contributed by atoms with Crippen LogP contribution >= 0.6 is 11.3 Å². The average Bonchev–Trinajstić information content (AvgIpc) is 3.12. The van der Waals surface area contributed by atoms with Gasteiger partial charge in [0.15, 0.2) is 0 Å². The number of aromatic nitrogens is 2. The lowest BCUT2D eigenvalue weighted by Crippen LogP contribution is -1.92. The predicted octanol–water partition coefficient (Wildman–Crippen LogP) is 4.94. The Labute approximate surface area is 121 Å². The van der Waals surface area contributed by atoms with Gasteiger partial charge in [0.25, 0.3) is 0 Å². The Bertz CT molecular complexity index is 888. The maximum Gasteiger partial charge on any atom is 0.123 e. The largest absolute Gasteiger partial charge is 0.341 e. The van der Waals surface area contributed by atoms with Crippen molar-refractivity contribution in [3.8, 4) is 10.6 Å². The van der Waals surface area contributed by atoms with Crippen molar-refractivity contribution in [1.29, 1.82) is 0 Å². The molecule has 4 aromatic rings. The lowest BCUT2D eigenvalue weighted by atomic mass is 10.1. The van der Waals surface area contributed by atoms with Gasteiger partial charge >= 0.3 is 0 Å². The maximum atomic E-state index is 4.41. The molecule has 20 heavy (non-hydrogen) atoms. The first-order valence-electron chi connectivity index (χ1n) is 6.79. The summed E-state index contributed by atoms with van der Waals surface area (Å²) in [6.45, 7) is 3.18. The fraction of sp³-hybridized carbons (Fsp3) is 0.118. The molecular weight excluding hydrogens is 264 g/mol. The summed E-state index contributed by atoms with van der Waals surface area (Å²) in [5, 5.41) is 5.74. The third-order valence-corrected chi connectivity index (χ3v) is 4.59. The van der Waals surface area contributed by atoms with Crippen LogP contribution in [0.25, 0.3) is 32.4 Å². The van der Waals surface area contributed by atoms with Crippen LogP contribution in [0.3, 0.4) is 0 Å². The Kier molecular flexibility index (Phi) is 2.60. The highest BCUT2D eigenvalue weighted by Gasteiger charge is 2.10. The molecule has 2 heterocycles. The molecule has 0 aliphatic heterocycles. The van der Waals surface area contributed by atoms with Gasteiger partial charge in [-0.2, -0.15) is 0 Å². The van der Waals surface area contributed by atoms with Gasteiger partial charge in [-0.3, -0.25) is 0 Å². The molecule has 0 spiro atoms. The number of thiazole rings is 1. The molecule has 0 N–H and O–H groups in total. The van der Waals surface area contributed by atoms with Crippen molar-refractivity contribution in [2.75, 3.05) is 0 Å². The van der Waals surface area contributed by atoms with E-state index in [1.165, 1.54) is 27.4 Å². The van der Waals surface area contributed by atoms with Gasteiger partial charge in [-0.15, -0.1) is 11.3 Å². The summed E-state index contributed by atoms with van der Waals surface area (Å²) in [4.78, 5) is 4.41. The van der Waals surface area contributed by atoms with Crippen LogP contribution in [0.4, 0.5) is 0 Å². The van der Waals surface area contributed by atoms with Gasteiger partial charge in [-0.05, 0) is 31.2 Å². The van der Waals surface area contributed by atoms with E-state index in [-0.39, 0.29) is 0 Å². The number of fused-ring (bicyclic) bond motifs is 3. The first-order chi connectivity index (χ1) is 9.88. The van der Waals surface area contributed by atoms with Crippen molar-refractivity contribution in [3.05, 3.63) is 54.0 Å². The van der Waals surface area contributed by atoms with Crippen molar-refractivity contribution in [3.63, 3.8) is 0 Å². The van der Waals surface area contributed by atoms with Crippen LogP contribution in [0.5, 0.6) is 0 Å². The van der Waals surface area contributed by atoms with Gasteiger partial charge in [0.05, 0.1) is 0 Å². The normalized spacial score (nSPS) is 11.4. The molecule has 0 bridgehead atoms. The molecular formula is C17H14N2S. The summed E-state index contributed by atoms with van der Waals surface area (Å²) in [5.74, 6) is 0. The Morgan fingerprint density at radius 3 is 2.70 bits per heavy atom. The zero-order valence-corrected chi connectivity index (χ0v) is 12.0.